The maximum absolute atomic E-state index is 9.11. The maximum atomic E-state index is 9.11. The van der Waals surface area contributed by atoms with Gasteiger partial charge in [0.2, 0.25) is 0 Å². The maximum Gasteiger partial charge on any atom is 2.00 e. The first kappa shape index (κ1) is 9.43. The largest absolute Gasteiger partial charge is 2.00 e. The molecule has 3 nitrogen and oxygen atoms in total. The van der Waals surface area contributed by atoms with Crippen molar-refractivity contribution in [2.45, 2.75) is 0 Å². The van der Waals surface area contributed by atoms with E-state index in [-0.39, 0.29) is 27.6 Å². The van der Waals surface area contributed by atoms with Crippen molar-refractivity contribution < 1.29 is 26.0 Å². The Morgan fingerprint density at radius 1 is 1.83 bits per heavy atom. The Kier molecular flexibility index (Phi) is 8.00. The van der Waals surface area contributed by atoms with Crippen LogP contribution in [-0.4, -0.2) is 11.5 Å². The Bertz CT molecular complexity index is 46.8. The molecule has 0 amide bonds. The first-order chi connectivity index (χ1) is 2.27. The summed E-state index contributed by atoms with van der Waals surface area (Å²) in [4.78, 5) is 8.62. The minimum Gasteiger partial charge on any atom is -0.273 e. The van der Waals surface area contributed by atoms with Crippen molar-refractivity contribution >= 4 is 0 Å². The van der Waals surface area contributed by atoms with Gasteiger partial charge in [-0.15, -0.1) is 0 Å². The molecule has 4 heteroatoms. The van der Waals surface area contributed by atoms with Gasteiger partial charge < -0.3 is 0 Å². The van der Waals surface area contributed by atoms with E-state index in [1.807, 2.05) is 0 Å². The molecule has 0 fully saturated rings. The van der Waals surface area contributed by atoms with Crippen LogP contribution in [0.4, 0.5) is 0 Å². The fourth-order valence-corrected chi connectivity index (χ4v) is 0. The summed E-state index contributed by atoms with van der Waals surface area (Å²) >= 11 is 0. The predicted octanol–water partition coefficient (Wildman–Crippen LogP) is 0.0947. The molecule has 34 valence electrons. The summed E-state index contributed by atoms with van der Waals surface area (Å²) in [6, 6.07) is 0. The summed E-state index contributed by atoms with van der Waals surface area (Å²) < 4.78 is 0. The van der Waals surface area contributed by atoms with Gasteiger partial charge in [-0.3, -0.25) is 17.0 Å². The molecule has 0 aliphatic carbocycles. The molecule has 0 spiro atoms. The van der Waals surface area contributed by atoms with Gasteiger partial charge >= 0.3 is 21.1 Å². The number of nitrogens with zero attached hydrogens (tertiary/aromatic N) is 1. The van der Waals surface area contributed by atoms with Gasteiger partial charge in [0, 0.05) is 0 Å². The standard InChI is InChI=1S/C2H4NO2.W/c1-2-3(4)5;/h1-2H2;/q-1;+2. The van der Waals surface area contributed by atoms with Crippen LogP contribution < -0.4 is 0 Å². The summed E-state index contributed by atoms with van der Waals surface area (Å²) in [7, 11) is 0. The molecule has 0 aliphatic rings. The molecule has 0 aromatic rings. The Morgan fingerprint density at radius 2 is 2.00 bits per heavy atom. The van der Waals surface area contributed by atoms with Gasteiger partial charge in [0.25, 0.3) is 0 Å². The second kappa shape index (κ2) is 5.09. The van der Waals surface area contributed by atoms with Gasteiger partial charge in [0.15, 0.2) is 0 Å². The molecule has 0 atom stereocenters. The van der Waals surface area contributed by atoms with Crippen LogP contribution in [0.15, 0.2) is 0 Å². The fourth-order valence-electron chi connectivity index (χ4n) is 0. The van der Waals surface area contributed by atoms with Crippen LogP contribution in [0, 0.1) is 17.0 Å². The van der Waals surface area contributed by atoms with Crippen LogP contribution in [0.5, 0.6) is 0 Å². The van der Waals surface area contributed by atoms with Crippen LogP contribution in [0.2, 0.25) is 0 Å². The van der Waals surface area contributed by atoms with Gasteiger partial charge in [-0.25, -0.2) is 0 Å². The molecule has 0 bridgehead atoms. The Balaban J connectivity index is 0. The predicted molar refractivity (Wildman–Crippen MR) is 17.2 cm³/mol. The normalized spacial score (nSPS) is 6.17. The van der Waals surface area contributed by atoms with Crippen LogP contribution >= 0.6 is 0 Å². The third-order valence-corrected chi connectivity index (χ3v) is 0.183. The number of rotatable bonds is 1. The molecule has 0 radical (unpaired) electrons. The van der Waals surface area contributed by atoms with Gasteiger partial charge in [-0.2, -0.15) is 0 Å². The van der Waals surface area contributed by atoms with Crippen molar-refractivity contribution in [3.63, 3.8) is 0 Å². The molecular formula is C2H4NO2W+. The molecular weight excluding hydrogens is 254 g/mol. The van der Waals surface area contributed by atoms with E-state index in [4.69, 9.17) is 10.1 Å². The summed E-state index contributed by atoms with van der Waals surface area (Å²) in [6.45, 7) is 2.76. The van der Waals surface area contributed by atoms with Crippen molar-refractivity contribution in [2.24, 2.45) is 0 Å². The molecule has 0 aromatic carbocycles. The monoisotopic (exact) mass is 258 g/mol. The van der Waals surface area contributed by atoms with Crippen LogP contribution in [0.1, 0.15) is 0 Å². The summed E-state index contributed by atoms with van der Waals surface area (Å²) in [5.74, 6) is 0. The van der Waals surface area contributed by atoms with E-state index < -0.39 is 4.92 Å². The van der Waals surface area contributed by atoms with E-state index >= 15 is 0 Å². The van der Waals surface area contributed by atoms with Gasteiger partial charge in [-0.05, 0) is 4.92 Å². The van der Waals surface area contributed by atoms with E-state index in [1.165, 1.54) is 0 Å². The van der Waals surface area contributed by atoms with E-state index in [9.17, 15) is 0 Å². The van der Waals surface area contributed by atoms with Crippen LogP contribution in [0.25, 0.3) is 0 Å². The van der Waals surface area contributed by atoms with Gasteiger partial charge in [0.1, 0.15) is 0 Å². The Morgan fingerprint density at radius 3 is 2.00 bits per heavy atom. The van der Waals surface area contributed by atoms with Crippen molar-refractivity contribution in [1.82, 2.24) is 0 Å². The third kappa shape index (κ3) is 8.94. The molecule has 0 aliphatic heterocycles. The van der Waals surface area contributed by atoms with Crippen molar-refractivity contribution in [3.05, 3.63) is 17.0 Å². The second-order valence-corrected chi connectivity index (χ2v) is 0.556. The van der Waals surface area contributed by atoms with E-state index in [0.717, 1.165) is 0 Å². The average Bonchev–Trinajstić information content (AvgIpc) is 1.38. The summed E-state index contributed by atoms with van der Waals surface area (Å²) in [5, 5.41) is 9.11. The number of hydrogen-bond donors (Lipinski definition) is 0. The fraction of sp³-hybridized carbons (Fsp3) is 0.500. The molecule has 0 heterocycles. The molecule has 6 heavy (non-hydrogen) atoms. The second-order valence-electron chi connectivity index (χ2n) is 0.556. The summed E-state index contributed by atoms with van der Waals surface area (Å²) in [6.07, 6.45) is 0. The minimum absolute atomic E-state index is 0. The van der Waals surface area contributed by atoms with Gasteiger partial charge in [0.05, 0.1) is 6.54 Å². The Labute approximate surface area is 50.1 Å². The Hall–Kier alpha value is 0.0883. The van der Waals surface area contributed by atoms with Crippen LogP contribution in [-0.2, 0) is 21.1 Å². The minimum atomic E-state index is -0.486. The molecule has 0 rings (SSSR count). The van der Waals surface area contributed by atoms with Crippen LogP contribution in [0.3, 0.4) is 0 Å². The zero-order valence-corrected chi connectivity index (χ0v) is 6.02. The van der Waals surface area contributed by atoms with E-state index in [0.29, 0.717) is 0 Å². The number of hydrogen-bond acceptors (Lipinski definition) is 2. The smallest absolute Gasteiger partial charge is 0.273 e. The average molecular weight is 258 g/mol. The van der Waals surface area contributed by atoms with Crippen molar-refractivity contribution in [3.8, 4) is 0 Å². The molecule has 0 N–H and O–H groups in total. The van der Waals surface area contributed by atoms with E-state index in [1.54, 1.807) is 0 Å². The quantitative estimate of drug-likeness (QED) is 0.380. The first-order valence-corrected chi connectivity index (χ1v) is 1.18. The summed E-state index contributed by atoms with van der Waals surface area (Å²) in [5.41, 5.74) is 0. The molecule has 0 aromatic heterocycles. The zero-order valence-electron chi connectivity index (χ0n) is 3.09. The number of nitro groups is 1. The zero-order chi connectivity index (χ0) is 4.28. The molecule has 0 unspecified atom stereocenters. The third-order valence-electron chi connectivity index (χ3n) is 0.183. The molecule has 0 saturated heterocycles. The van der Waals surface area contributed by atoms with Crippen molar-refractivity contribution in [2.75, 3.05) is 6.54 Å². The first-order valence-electron chi connectivity index (χ1n) is 1.18. The SMILES string of the molecule is [CH2-]C[N+](=O)[O-].[W+2]. The van der Waals surface area contributed by atoms with Crippen molar-refractivity contribution in [1.29, 1.82) is 0 Å². The van der Waals surface area contributed by atoms with Gasteiger partial charge in [-0.1, -0.05) is 0 Å². The topological polar surface area (TPSA) is 43.1 Å². The van der Waals surface area contributed by atoms with E-state index in [2.05, 4.69) is 6.92 Å². The molecule has 0 saturated carbocycles.